The number of likely N-dealkylation sites (N-methyl/N-ethyl adjacent to an activating group) is 1. The topological polar surface area (TPSA) is 134 Å². The molecule has 1 saturated carbocycles. The summed E-state index contributed by atoms with van der Waals surface area (Å²) in [4.78, 5) is 33.0. The monoisotopic (exact) mass is 493 g/mol. The Hall–Kier alpha value is -2.91. The van der Waals surface area contributed by atoms with Crippen LogP contribution >= 0.6 is 0 Å². The highest BCUT2D eigenvalue weighted by Gasteiger charge is 2.38. The van der Waals surface area contributed by atoms with E-state index in [1.54, 1.807) is 0 Å². The fraction of sp³-hybridized carbons (Fsp3) is 0.577. The molecule has 196 valence electrons. The van der Waals surface area contributed by atoms with Gasteiger partial charge in [0.15, 0.2) is 0 Å². The van der Waals surface area contributed by atoms with E-state index >= 15 is 0 Å². The van der Waals surface area contributed by atoms with Gasteiger partial charge in [-0.15, -0.1) is 0 Å². The molecule has 0 aromatic heterocycles. The van der Waals surface area contributed by atoms with Crippen LogP contribution in [0.5, 0.6) is 5.75 Å². The largest absolute Gasteiger partial charge is 0.478 e. The van der Waals surface area contributed by atoms with Crippen LogP contribution in [0.15, 0.2) is 36.4 Å². The number of ether oxygens (including phenoxy) is 2. The Labute approximate surface area is 207 Å². The van der Waals surface area contributed by atoms with Crippen molar-refractivity contribution in [3.63, 3.8) is 0 Å². The maximum absolute atomic E-state index is 11.8. The molecule has 9 nitrogen and oxygen atoms in total. The quantitative estimate of drug-likeness (QED) is 0.268. The predicted molar refractivity (Wildman–Crippen MR) is 131 cm³/mol. The van der Waals surface area contributed by atoms with Gasteiger partial charge in [0.2, 0.25) is 6.79 Å². The SMILES string of the molecule is CN(C)CC(c1ccc(OCOC(=O)C(C)(C)C)cc1)C1(O)CCCCC1.O=C(O)/C=C\C(=O)O. The molecule has 0 aliphatic heterocycles. The number of benzene rings is 1. The smallest absolute Gasteiger partial charge is 0.328 e. The van der Waals surface area contributed by atoms with Gasteiger partial charge >= 0.3 is 17.9 Å². The second-order valence-corrected chi connectivity index (χ2v) is 10.0. The van der Waals surface area contributed by atoms with Gasteiger partial charge in [-0.05, 0) is 65.4 Å². The van der Waals surface area contributed by atoms with Crippen LogP contribution in [-0.2, 0) is 19.1 Å². The van der Waals surface area contributed by atoms with E-state index in [9.17, 15) is 19.5 Å². The molecule has 1 unspecified atom stereocenters. The maximum Gasteiger partial charge on any atom is 0.328 e. The van der Waals surface area contributed by atoms with Crippen molar-refractivity contribution < 1.29 is 39.2 Å². The maximum atomic E-state index is 11.8. The third-order valence-corrected chi connectivity index (χ3v) is 5.59. The molecule has 3 N–H and O–H groups in total. The van der Waals surface area contributed by atoms with Crippen molar-refractivity contribution in [2.75, 3.05) is 27.4 Å². The zero-order chi connectivity index (χ0) is 26.6. The Kier molecular flexibility index (Phi) is 11.9. The molecule has 0 spiro atoms. The Bertz CT molecular complexity index is 833. The van der Waals surface area contributed by atoms with Gasteiger partial charge in [0, 0.05) is 24.6 Å². The van der Waals surface area contributed by atoms with Gasteiger partial charge in [0.25, 0.3) is 0 Å². The first-order valence-corrected chi connectivity index (χ1v) is 11.7. The van der Waals surface area contributed by atoms with Gasteiger partial charge in [-0.25, -0.2) is 9.59 Å². The molecule has 9 heteroatoms. The van der Waals surface area contributed by atoms with E-state index in [0.29, 0.717) is 17.9 Å². The fourth-order valence-corrected chi connectivity index (χ4v) is 3.77. The number of hydrogen-bond donors (Lipinski definition) is 3. The Balaban J connectivity index is 0.000000658. The summed E-state index contributed by atoms with van der Waals surface area (Å²) >= 11 is 0. The lowest BCUT2D eigenvalue weighted by Gasteiger charge is -2.40. The molecule has 1 aromatic carbocycles. The molecule has 1 fully saturated rings. The lowest BCUT2D eigenvalue weighted by Crippen LogP contribution is -2.42. The second kappa shape index (κ2) is 13.8. The van der Waals surface area contributed by atoms with Crippen molar-refractivity contribution in [1.29, 1.82) is 0 Å². The molecular formula is C26H39NO8. The van der Waals surface area contributed by atoms with Crippen molar-refractivity contribution in [1.82, 2.24) is 4.90 Å². The molecule has 0 heterocycles. The molecule has 0 amide bonds. The summed E-state index contributed by atoms with van der Waals surface area (Å²) in [5.74, 6) is -2.08. The van der Waals surface area contributed by atoms with Crippen LogP contribution in [0.1, 0.15) is 64.4 Å². The molecule has 1 aromatic rings. The molecule has 2 rings (SSSR count). The van der Waals surface area contributed by atoms with Crippen molar-refractivity contribution in [2.45, 2.75) is 64.4 Å². The Morgan fingerprint density at radius 1 is 1.00 bits per heavy atom. The minimum Gasteiger partial charge on any atom is -0.478 e. The minimum atomic E-state index is -1.26. The highest BCUT2D eigenvalue weighted by atomic mass is 16.7. The van der Waals surface area contributed by atoms with E-state index in [2.05, 4.69) is 4.90 Å². The zero-order valence-corrected chi connectivity index (χ0v) is 21.3. The number of nitrogens with zero attached hydrogens (tertiary/aromatic N) is 1. The van der Waals surface area contributed by atoms with E-state index in [-0.39, 0.29) is 18.7 Å². The fourth-order valence-electron chi connectivity index (χ4n) is 3.77. The lowest BCUT2D eigenvalue weighted by atomic mass is 9.72. The van der Waals surface area contributed by atoms with Gasteiger partial charge in [-0.3, -0.25) is 4.79 Å². The van der Waals surface area contributed by atoms with E-state index in [0.717, 1.165) is 37.8 Å². The number of carbonyl (C=O) groups excluding carboxylic acids is 1. The van der Waals surface area contributed by atoms with Gasteiger partial charge < -0.3 is 29.7 Å². The molecule has 0 bridgehead atoms. The first kappa shape index (κ1) is 30.1. The third kappa shape index (κ3) is 11.4. The number of hydrogen-bond acceptors (Lipinski definition) is 7. The summed E-state index contributed by atoms with van der Waals surface area (Å²) in [6, 6.07) is 7.80. The highest BCUT2D eigenvalue weighted by molar-refractivity contribution is 5.89. The van der Waals surface area contributed by atoms with E-state index in [4.69, 9.17) is 19.7 Å². The predicted octanol–water partition coefficient (Wildman–Crippen LogP) is 3.66. The summed E-state index contributed by atoms with van der Waals surface area (Å²) in [6.07, 6.45) is 6.20. The number of aliphatic hydroxyl groups is 1. The zero-order valence-electron chi connectivity index (χ0n) is 21.3. The average molecular weight is 494 g/mol. The summed E-state index contributed by atoms with van der Waals surface area (Å²) in [5, 5.41) is 26.9. The molecular weight excluding hydrogens is 454 g/mol. The third-order valence-electron chi connectivity index (χ3n) is 5.59. The molecule has 1 aliphatic carbocycles. The highest BCUT2D eigenvalue weighted by Crippen LogP contribution is 2.40. The van der Waals surface area contributed by atoms with Crippen LogP contribution in [0.2, 0.25) is 0 Å². The normalized spacial score (nSPS) is 16.2. The van der Waals surface area contributed by atoms with Crippen LogP contribution < -0.4 is 4.74 Å². The molecule has 1 aliphatic rings. The Morgan fingerprint density at radius 2 is 1.51 bits per heavy atom. The summed E-state index contributed by atoms with van der Waals surface area (Å²) in [6.45, 7) is 6.14. The van der Waals surface area contributed by atoms with Crippen LogP contribution in [0.3, 0.4) is 0 Å². The summed E-state index contributed by atoms with van der Waals surface area (Å²) in [7, 11) is 4.08. The van der Waals surface area contributed by atoms with Crippen molar-refractivity contribution in [3.8, 4) is 5.75 Å². The van der Waals surface area contributed by atoms with Gasteiger partial charge in [0.1, 0.15) is 5.75 Å². The van der Waals surface area contributed by atoms with Crippen LogP contribution in [0, 0.1) is 5.41 Å². The van der Waals surface area contributed by atoms with Crippen molar-refractivity contribution >= 4 is 17.9 Å². The van der Waals surface area contributed by atoms with Crippen molar-refractivity contribution in [3.05, 3.63) is 42.0 Å². The number of rotatable bonds is 9. The molecule has 0 radical (unpaired) electrons. The van der Waals surface area contributed by atoms with E-state index in [1.807, 2.05) is 59.1 Å². The average Bonchev–Trinajstić information content (AvgIpc) is 2.77. The van der Waals surface area contributed by atoms with Gasteiger partial charge in [-0.1, -0.05) is 31.4 Å². The molecule has 35 heavy (non-hydrogen) atoms. The number of carbonyl (C=O) groups is 3. The van der Waals surface area contributed by atoms with Crippen LogP contribution in [0.25, 0.3) is 0 Å². The van der Waals surface area contributed by atoms with Crippen LogP contribution in [-0.4, -0.2) is 71.2 Å². The van der Waals surface area contributed by atoms with E-state index < -0.39 is 23.0 Å². The second-order valence-electron chi connectivity index (χ2n) is 10.0. The minimum absolute atomic E-state index is 0.0700. The summed E-state index contributed by atoms with van der Waals surface area (Å²) < 4.78 is 10.7. The standard InChI is InChI=1S/C22H35NO4.C4H4O4/c1-21(2,3)20(24)27-16-26-18-11-9-17(10-12-18)19(15-23(4)5)22(25)13-7-6-8-14-22;5-3(6)1-2-4(7)8/h9-12,19,25H,6-8,13-16H2,1-5H3;1-2H,(H,5,6)(H,7,8)/b;2-1-. The van der Waals surface area contributed by atoms with Crippen molar-refractivity contribution in [2.24, 2.45) is 5.41 Å². The first-order valence-electron chi connectivity index (χ1n) is 11.7. The lowest BCUT2D eigenvalue weighted by molar-refractivity contribution is -0.159. The van der Waals surface area contributed by atoms with Crippen LogP contribution in [0.4, 0.5) is 0 Å². The Morgan fingerprint density at radius 3 is 1.94 bits per heavy atom. The van der Waals surface area contributed by atoms with Gasteiger partial charge in [0.05, 0.1) is 11.0 Å². The summed E-state index contributed by atoms with van der Waals surface area (Å²) in [5.41, 5.74) is -0.0676. The molecule has 0 saturated heterocycles. The first-order chi connectivity index (χ1) is 16.2. The molecule has 1 atom stereocenters. The number of carboxylic acids is 2. The number of esters is 1. The van der Waals surface area contributed by atoms with E-state index in [1.165, 1.54) is 6.42 Å². The number of carboxylic acid groups (broad SMARTS) is 2. The van der Waals surface area contributed by atoms with Gasteiger partial charge in [-0.2, -0.15) is 0 Å². The number of aliphatic carboxylic acids is 2.